The monoisotopic (exact) mass is 557 g/mol. The summed E-state index contributed by atoms with van der Waals surface area (Å²) in [6.07, 6.45) is -2.06. The van der Waals surface area contributed by atoms with Crippen LogP contribution in [0, 0.1) is 11.8 Å². The molecule has 0 aliphatic carbocycles. The number of carbonyl (C=O) groups is 7. The maximum Gasteiger partial charge on any atom is 0.246 e. The number of carbonyl (C=O) groups excluding carboxylic acids is 7. The van der Waals surface area contributed by atoms with E-state index in [1.54, 1.807) is 27.7 Å². The molecule has 11 N–H and O–H groups in total. The van der Waals surface area contributed by atoms with Crippen molar-refractivity contribution in [3.63, 3.8) is 0 Å². The highest BCUT2D eigenvalue weighted by molar-refractivity contribution is 5.95. The van der Waals surface area contributed by atoms with Gasteiger partial charge in [0.1, 0.15) is 30.3 Å². The van der Waals surface area contributed by atoms with Crippen LogP contribution in [-0.4, -0.2) is 76.7 Å². The molecule has 0 aromatic rings. The highest BCUT2D eigenvalue weighted by Gasteiger charge is 2.33. The van der Waals surface area contributed by atoms with Gasteiger partial charge in [-0.15, -0.1) is 0 Å². The Morgan fingerprint density at radius 1 is 0.692 bits per heavy atom. The summed E-state index contributed by atoms with van der Waals surface area (Å²) in [5, 5.41) is 19.6. The fourth-order valence-corrected chi connectivity index (χ4v) is 3.57. The molecule has 15 nitrogen and oxygen atoms in total. The summed E-state index contributed by atoms with van der Waals surface area (Å²) in [6.45, 7) is 8.02. The normalized spacial score (nSPS) is 15.6. The molecule has 15 heteroatoms. The van der Waals surface area contributed by atoms with Crippen LogP contribution >= 0.6 is 0 Å². The zero-order valence-electron chi connectivity index (χ0n) is 23.1. The molecule has 2 unspecified atom stereocenters. The number of primary amides is 3. The van der Waals surface area contributed by atoms with Crippen LogP contribution in [0.4, 0.5) is 0 Å². The molecule has 0 bridgehead atoms. The minimum absolute atomic E-state index is 0.193. The maximum atomic E-state index is 13.2. The second-order valence-corrected chi connectivity index (χ2v) is 9.82. The van der Waals surface area contributed by atoms with E-state index in [1.807, 2.05) is 0 Å². The minimum Gasteiger partial charge on any atom is -0.383 e. The molecule has 0 aromatic carbocycles. The lowest BCUT2D eigenvalue weighted by Gasteiger charge is -2.29. The van der Waals surface area contributed by atoms with Crippen molar-refractivity contribution in [2.24, 2.45) is 29.0 Å². The second-order valence-electron chi connectivity index (χ2n) is 9.82. The van der Waals surface area contributed by atoms with E-state index in [0.29, 0.717) is 6.42 Å². The summed E-state index contributed by atoms with van der Waals surface area (Å²) in [4.78, 5) is 85.2. The summed E-state index contributed by atoms with van der Waals surface area (Å²) >= 11 is 0. The zero-order chi connectivity index (χ0) is 30.4. The topological polar surface area (TPSA) is 266 Å². The van der Waals surface area contributed by atoms with Gasteiger partial charge in [0.2, 0.25) is 41.4 Å². The predicted octanol–water partition coefficient (Wildman–Crippen LogP) is -2.98. The molecule has 39 heavy (non-hydrogen) atoms. The van der Waals surface area contributed by atoms with Gasteiger partial charge >= 0.3 is 0 Å². The van der Waals surface area contributed by atoms with E-state index in [0.717, 1.165) is 6.92 Å². The van der Waals surface area contributed by atoms with Gasteiger partial charge in [-0.3, -0.25) is 33.6 Å². The lowest BCUT2D eigenvalue weighted by atomic mass is 9.96. The first kappa shape index (κ1) is 35.2. The Bertz CT molecular complexity index is 911. The van der Waals surface area contributed by atoms with Crippen LogP contribution in [-0.2, 0) is 33.6 Å². The Morgan fingerprint density at radius 2 is 1.21 bits per heavy atom. The highest BCUT2D eigenvalue weighted by Crippen LogP contribution is 2.12. The van der Waals surface area contributed by atoms with Gasteiger partial charge in [-0.2, -0.15) is 0 Å². The minimum atomic E-state index is -1.56. The molecule has 6 atom stereocenters. The fourth-order valence-electron chi connectivity index (χ4n) is 3.57. The molecule has 222 valence electrons. The van der Waals surface area contributed by atoms with E-state index >= 15 is 0 Å². The number of aliphatic hydroxyl groups excluding tert-OH is 1. The molecular weight excluding hydrogens is 514 g/mol. The summed E-state index contributed by atoms with van der Waals surface area (Å²) in [5.41, 5.74) is 15.6. The molecule has 0 aliphatic rings. The molecular formula is C24H43N7O8. The lowest BCUT2D eigenvalue weighted by molar-refractivity contribution is -0.135. The van der Waals surface area contributed by atoms with Crippen molar-refractivity contribution < 1.29 is 38.7 Å². The number of nitrogens with two attached hydrogens (primary N) is 3. The van der Waals surface area contributed by atoms with Gasteiger partial charge < -0.3 is 43.6 Å². The Hall–Kier alpha value is -3.75. The third-order valence-corrected chi connectivity index (χ3v) is 6.13. The smallest absolute Gasteiger partial charge is 0.246 e. The lowest BCUT2D eigenvalue weighted by Crippen LogP contribution is -2.60. The fraction of sp³-hybridized carbons (Fsp3) is 0.708. The van der Waals surface area contributed by atoms with E-state index in [4.69, 9.17) is 17.2 Å². The van der Waals surface area contributed by atoms with E-state index in [1.165, 1.54) is 0 Å². The number of aliphatic hydroxyl groups is 1. The summed E-state index contributed by atoms with van der Waals surface area (Å²) in [5.74, 6) is -6.14. The van der Waals surface area contributed by atoms with Crippen LogP contribution in [0.5, 0.6) is 0 Å². The molecule has 0 spiro atoms. The maximum absolute atomic E-state index is 13.2. The molecule has 0 aromatic heterocycles. The Kier molecular flexibility index (Phi) is 15.3. The predicted molar refractivity (Wildman–Crippen MR) is 140 cm³/mol. The standard InChI is InChI=1S/C24H43N7O8/c1-6-12(4)19(24(39)30-18(11(2)3)21(27)36)31-23(38)15(8-10-17(25)34)29-22(37)14(28-13(5)32)7-9-16(33)20(26)35/h11-12,14-16,18-19,33H,6-10H2,1-5H3,(H2,25,34)(H2,26,35)(H2,27,36)(H,28,32)(H,29,37)(H,30,39)(H,31,38)/t12?,14-,15-,16?,18-,19-/m0/s1. The van der Waals surface area contributed by atoms with Crippen LogP contribution in [0.15, 0.2) is 0 Å². The number of rotatable bonds is 18. The van der Waals surface area contributed by atoms with Gasteiger partial charge in [0.05, 0.1) is 0 Å². The van der Waals surface area contributed by atoms with Crippen LogP contribution in [0.1, 0.15) is 66.7 Å². The third kappa shape index (κ3) is 13.0. The van der Waals surface area contributed by atoms with E-state index in [9.17, 15) is 38.7 Å². The van der Waals surface area contributed by atoms with Crippen molar-refractivity contribution in [1.82, 2.24) is 21.3 Å². The van der Waals surface area contributed by atoms with Crippen molar-refractivity contribution >= 4 is 41.4 Å². The Labute approximate surface area is 227 Å². The SMILES string of the molecule is CCC(C)[C@H](NC(=O)[C@H](CCC(N)=O)NC(=O)[C@H](CCC(O)C(N)=O)NC(C)=O)C(=O)N[C@H](C(N)=O)C(C)C. The van der Waals surface area contributed by atoms with Crippen molar-refractivity contribution in [3.05, 3.63) is 0 Å². The highest BCUT2D eigenvalue weighted by atomic mass is 16.3. The summed E-state index contributed by atoms with van der Waals surface area (Å²) < 4.78 is 0. The number of hydrogen-bond donors (Lipinski definition) is 8. The quantitative estimate of drug-likeness (QED) is 0.0859. The first-order valence-electron chi connectivity index (χ1n) is 12.7. The molecule has 0 saturated carbocycles. The van der Waals surface area contributed by atoms with Gasteiger partial charge in [0, 0.05) is 13.3 Å². The van der Waals surface area contributed by atoms with E-state index in [-0.39, 0.29) is 31.6 Å². The van der Waals surface area contributed by atoms with Gasteiger partial charge in [-0.05, 0) is 31.1 Å². The zero-order valence-corrected chi connectivity index (χ0v) is 23.1. The molecule has 0 aliphatic heterocycles. The molecule has 7 amide bonds. The average Bonchev–Trinajstić information content (AvgIpc) is 2.83. The molecule has 0 saturated heterocycles. The van der Waals surface area contributed by atoms with Crippen LogP contribution < -0.4 is 38.5 Å². The van der Waals surface area contributed by atoms with Gasteiger partial charge in [-0.25, -0.2) is 0 Å². The van der Waals surface area contributed by atoms with Crippen LogP contribution in [0.25, 0.3) is 0 Å². The summed E-state index contributed by atoms with van der Waals surface area (Å²) in [7, 11) is 0. The number of amides is 7. The Balaban J connectivity index is 5.89. The molecule has 0 rings (SSSR count). The van der Waals surface area contributed by atoms with Gasteiger partial charge in [-0.1, -0.05) is 34.1 Å². The van der Waals surface area contributed by atoms with Crippen LogP contribution in [0.2, 0.25) is 0 Å². The van der Waals surface area contributed by atoms with Gasteiger partial charge in [0.25, 0.3) is 0 Å². The average molecular weight is 558 g/mol. The molecule has 0 radical (unpaired) electrons. The van der Waals surface area contributed by atoms with Gasteiger partial charge in [0.15, 0.2) is 0 Å². The number of hydrogen-bond acceptors (Lipinski definition) is 8. The molecule has 0 heterocycles. The van der Waals surface area contributed by atoms with Crippen LogP contribution in [0.3, 0.4) is 0 Å². The second kappa shape index (κ2) is 17.0. The first-order chi connectivity index (χ1) is 18.0. The largest absolute Gasteiger partial charge is 0.383 e. The summed E-state index contributed by atoms with van der Waals surface area (Å²) in [6, 6.07) is -4.71. The van der Waals surface area contributed by atoms with E-state index < -0.39 is 77.5 Å². The molecule has 0 fully saturated rings. The van der Waals surface area contributed by atoms with Crippen molar-refractivity contribution in [2.45, 2.75) is 97.0 Å². The first-order valence-corrected chi connectivity index (χ1v) is 12.7. The third-order valence-electron chi connectivity index (χ3n) is 6.13. The van der Waals surface area contributed by atoms with Crippen molar-refractivity contribution in [1.29, 1.82) is 0 Å². The number of nitrogens with one attached hydrogen (secondary N) is 4. The van der Waals surface area contributed by atoms with E-state index in [2.05, 4.69) is 21.3 Å². The Morgan fingerprint density at radius 3 is 1.64 bits per heavy atom. The van der Waals surface area contributed by atoms with Crippen molar-refractivity contribution in [3.8, 4) is 0 Å². The van der Waals surface area contributed by atoms with Crippen molar-refractivity contribution in [2.75, 3.05) is 0 Å².